The van der Waals surface area contributed by atoms with Crippen LogP contribution >= 0.6 is 11.3 Å². The van der Waals surface area contributed by atoms with Gasteiger partial charge < -0.3 is 0 Å². The monoisotopic (exact) mass is 437 g/mol. The first-order chi connectivity index (χ1) is 14.8. The SMILES string of the molecule is [C-]#[N+]c1ccc2c(c1)sc1c(-c3ccc4cc([Si](C)(C)C)ccc4[n+]3C)c(C)ccc12. The van der Waals surface area contributed by atoms with E-state index in [1.807, 2.05) is 12.1 Å². The van der Waals surface area contributed by atoms with Crippen molar-refractivity contribution in [2.45, 2.75) is 26.6 Å². The highest BCUT2D eigenvalue weighted by molar-refractivity contribution is 7.26. The third kappa shape index (κ3) is 3.17. The van der Waals surface area contributed by atoms with Gasteiger partial charge in [0.15, 0.2) is 5.69 Å². The molecule has 0 amide bonds. The van der Waals surface area contributed by atoms with Crippen LogP contribution in [-0.2, 0) is 7.05 Å². The summed E-state index contributed by atoms with van der Waals surface area (Å²) in [5, 5.41) is 5.29. The molecule has 0 spiro atoms. The summed E-state index contributed by atoms with van der Waals surface area (Å²) in [6.45, 7) is 16.7. The van der Waals surface area contributed by atoms with Gasteiger partial charge in [-0.2, -0.15) is 4.57 Å². The van der Waals surface area contributed by atoms with Gasteiger partial charge >= 0.3 is 0 Å². The smallest absolute Gasteiger partial charge is 0.214 e. The summed E-state index contributed by atoms with van der Waals surface area (Å²) in [5.74, 6) is 0. The largest absolute Gasteiger partial charge is 0.238 e. The number of aryl methyl sites for hydroxylation is 2. The van der Waals surface area contributed by atoms with Gasteiger partial charge in [-0.15, -0.1) is 11.3 Å². The van der Waals surface area contributed by atoms with Gasteiger partial charge in [0.25, 0.3) is 0 Å². The van der Waals surface area contributed by atoms with E-state index in [0.29, 0.717) is 5.69 Å². The van der Waals surface area contributed by atoms with Crippen LogP contribution in [0.2, 0.25) is 19.6 Å². The minimum atomic E-state index is -1.35. The Kier molecular flexibility index (Phi) is 4.51. The zero-order valence-corrected chi connectivity index (χ0v) is 20.4. The third-order valence-corrected chi connectivity index (χ3v) is 9.48. The van der Waals surface area contributed by atoms with Crippen LogP contribution in [0.1, 0.15) is 5.56 Å². The Morgan fingerprint density at radius 3 is 2.42 bits per heavy atom. The molecule has 0 atom stereocenters. The van der Waals surface area contributed by atoms with Gasteiger partial charge in [0, 0.05) is 32.3 Å². The van der Waals surface area contributed by atoms with Crippen LogP contribution in [0.4, 0.5) is 5.69 Å². The molecule has 0 aliphatic heterocycles. The second-order valence-electron chi connectivity index (χ2n) is 9.33. The Labute approximate surface area is 188 Å². The Hall–Kier alpha value is -3.00. The number of aromatic nitrogens is 1. The van der Waals surface area contributed by atoms with E-state index in [4.69, 9.17) is 6.57 Å². The van der Waals surface area contributed by atoms with Crippen molar-refractivity contribution in [3.05, 3.63) is 77.6 Å². The first kappa shape index (κ1) is 19.9. The van der Waals surface area contributed by atoms with Gasteiger partial charge in [-0.25, -0.2) is 4.85 Å². The molecule has 0 saturated heterocycles. The quantitative estimate of drug-likeness (QED) is 0.158. The molecule has 0 unspecified atom stereocenters. The number of thiophene rings is 1. The lowest BCUT2D eigenvalue weighted by atomic mass is 10.00. The predicted molar refractivity (Wildman–Crippen MR) is 137 cm³/mol. The van der Waals surface area contributed by atoms with E-state index in [1.165, 1.54) is 53.1 Å². The summed E-state index contributed by atoms with van der Waals surface area (Å²) in [6, 6.07) is 22.0. The van der Waals surface area contributed by atoms with E-state index >= 15 is 0 Å². The van der Waals surface area contributed by atoms with Crippen molar-refractivity contribution >= 4 is 61.4 Å². The van der Waals surface area contributed by atoms with Crippen LogP contribution < -0.4 is 9.75 Å². The maximum absolute atomic E-state index is 7.35. The molecule has 3 aromatic carbocycles. The summed E-state index contributed by atoms with van der Waals surface area (Å²) in [5.41, 5.74) is 5.76. The molecular formula is C27H25N2SSi+. The maximum atomic E-state index is 7.35. The van der Waals surface area contributed by atoms with Crippen molar-refractivity contribution in [1.82, 2.24) is 0 Å². The van der Waals surface area contributed by atoms with Crippen molar-refractivity contribution in [1.29, 1.82) is 0 Å². The molecular weight excluding hydrogens is 412 g/mol. The van der Waals surface area contributed by atoms with Crippen molar-refractivity contribution in [3.63, 3.8) is 0 Å². The van der Waals surface area contributed by atoms with Crippen LogP contribution in [0.25, 0.3) is 47.2 Å². The number of hydrogen-bond acceptors (Lipinski definition) is 1. The number of nitrogens with zero attached hydrogens (tertiary/aromatic N) is 2. The van der Waals surface area contributed by atoms with Gasteiger partial charge in [-0.1, -0.05) is 55.2 Å². The topological polar surface area (TPSA) is 8.24 Å². The predicted octanol–water partition coefficient (Wildman–Crippen LogP) is 7.10. The molecule has 0 aliphatic rings. The molecule has 0 bridgehead atoms. The van der Waals surface area contributed by atoms with Crippen LogP contribution in [0, 0.1) is 13.5 Å². The minimum absolute atomic E-state index is 0.701. The van der Waals surface area contributed by atoms with Crippen molar-refractivity contribution in [3.8, 4) is 11.3 Å². The van der Waals surface area contributed by atoms with Gasteiger partial charge in [0.2, 0.25) is 11.2 Å². The molecule has 152 valence electrons. The highest BCUT2D eigenvalue weighted by Gasteiger charge is 2.22. The first-order valence-corrected chi connectivity index (χ1v) is 14.9. The normalized spacial score (nSPS) is 12.0. The summed E-state index contributed by atoms with van der Waals surface area (Å²) in [6.07, 6.45) is 0. The van der Waals surface area contributed by atoms with E-state index in [1.54, 1.807) is 11.3 Å². The second kappa shape index (κ2) is 7.02. The van der Waals surface area contributed by atoms with E-state index in [-0.39, 0.29) is 0 Å². The number of rotatable bonds is 2. The Bertz CT molecular complexity index is 1550. The fraction of sp³-hybridized carbons (Fsp3) is 0.185. The van der Waals surface area contributed by atoms with E-state index in [9.17, 15) is 0 Å². The number of benzene rings is 3. The zero-order valence-electron chi connectivity index (χ0n) is 18.6. The number of fused-ring (bicyclic) bond motifs is 4. The Morgan fingerprint density at radius 1 is 0.903 bits per heavy atom. The number of pyridine rings is 1. The molecule has 2 nitrogen and oxygen atoms in total. The molecule has 0 fully saturated rings. The molecule has 4 heteroatoms. The maximum Gasteiger partial charge on any atom is 0.214 e. The molecule has 0 saturated carbocycles. The van der Waals surface area contributed by atoms with Crippen LogP contribution in [0.15, 0.2) is 60.7 Å². The summed E-state index contributed by atoms with van der Waals surface area (Å²) in [7, 11) is 0.829. The van der Waals surface area contributed by atoms with Crippen LogP contribution in [-0.4, -0.2) is 8.07 Å². The van der Waals surface area contributed by atoms with E-state index < -0.39 is 8.07 Å². The molecule has 2 aromatic heterocycles. The molecule has 0 aliphatic carbocycles. The molecule has 0 N–H and O–H groups in total. The highest BCUT2D eigenvalue weighted by Crippen LogP contribution is 2.42. The van der Waals surface area contributed by atoms with Gasteiger partial charge in [0.1, 0.15) is 7.05 Å². The summed E-state index contributed by atoms with van der Waals surface area (Å²) in [4.78, 5) is 3.62. The molecule has 31 heavy (non-hydrogen) atoms. The summed E-state index contributed by atoms with van der Waals surface area (Å²) < 4.78 is 4.81. The standard InChI is InChI=1S/C27H25N2SSi/c1-17-7-11-22-21-12-9-19(28-2)16-25(21)30-27(22)26(17)24-13-8-18-15-20(31(4,5)6)10-14-23(18)29(24)3/h7-16H,1,3-6H3/q+1. The van der Waals surface area contributed by atoms with Crippen LogP contribution in [0.5, 0.6) is 0 Å². The lowest BCUT2D eigenvalue weighted by molar-refractivity contribution is -0.633. The molecule has 5 rings (SSSR count). The number of hydrogen-bond donors (Lipinski definition) is 0. The van der Waals surface area contributed by atoms with Gasteiger partial charge in [-0.05, 0) is 36.1 Å². The lowest BCUT2D eigenvalue weighted by Gasteiger charge is -2.17. The zero-order chi connectivity index (χ0) is 21.9. The van der Waals surface area contributed by atoms with Gasteiger partial charge in [-0.3, -0.25) is 0 Å². The average Bonchev–Trinajstić information content (AvgIpc) is 3.11. The van der Waals surface area contributed by atoms with Gasteiger partial charge in [0.05, 0.1) is 20.2 Å². The minimum Gasteiger partial charge on any atom is -0.238 e. The van der Waals surface area contributed by atoms with E-state index in [2.05, 4.69) is 91.6 Å². The van der Waals surface area contributed by atoms with E-state index in [0.717, 1.165) is 0 Å². The first-order valence-electron chi connectivity index (χ1n) is 10.5. The fourth-order valence-corrected chi connectivity index (χ4v) is 6.95. The fourth-order valence-electron chi connectivity index (χ4n) is 4.44. The average molecular weight is 438 g/mol. The van der Waals surface area contributed by atoms with Crippen molar-refractivity contribution in [2.24, 2.45) is 7.05 Å². The Balaban J connectivity index is 1.79. The lowest BCUT2D eigenvalue weighted by Crippen LogP contribution is -2.38. The van der Waals surface area contributed by atoms with Crippen LogP contribution in [0.3, 0.4) is 0 Å². The second-order valence-corrected chi connectivity index (χ2v) is 15.5. The third-order valence-electron chi connectivity index (χ3n) is 6.26. The molecule has 0 radical (unpaired) electrons. The Morgan fingerprint density at radius 2 is 1.68 bits per heavy atom. The summed E-state index contributed by atoms with van der Waals surface area (Å²) >= 11 is 1.80. The van der Waals surface area contributed by atoms with Crippen molar-refractivity contribution < 1.29 is 4.57 Å². The molecule has 2 heterocycles. The van der Waals surface area contributed by atoms with Crippen molar-refractivity contribution in [2.75, 3.05) is 0 Å². The molecule has 5 aromatic rings. The highest BCUT2D eigenvalue weighted by atomic mass is 32.1.